The van der Waals surface area contributed by atoms with Crippen LogP contribution in [-0.2, 0) is 19.4 Å². The van der Waals surface area contributed by atoms with Crippen LogP contribution in [0.3, 0.4) is 0 Å². The second kappa shape index (κ2) is 5.77. The van der Waals surface area contributed by atoms with Crippen molar-refractivity contribution in [3.8, 4) is 10.4 Å². The maximum atomic E-state index is 12.0. The number of carbonyl (C=O) groups is 1. The summed E-state index contributed by atoms with van der Waals surface area (Å²) in [5.74, 6) is -0.798. The number of hydrogen-bond acceptors (Lipinski definition) is 2. The highest BCUT2D eigenvalue weighted by Crippen LogP contribution is 2.45. The molecule has 0 saturated carbocycles. The lowest BCUT2D eigenvalue weighted by Crippen LogP contribution is -2.47. The van der Waals surface area contributed by atoms with E-state index in [4.69, 9.17) is 0 Å². The molecule has 0 saturated heterocycles. The van der Waals surface area contributed by atoms with Crippen LogP contribution in [0.15, 0.2) is 18.2 Å². The lowest BCUT2D eigenvalue weighted by Gasteiger charge is -2.29. The Kier molecular flexibility index (Phi) is 4.07. The number of aromatic carboxylic acids is 1. The van der Waals surface area contributed by atoms with Gasteiger partial charge in [0.15, 0.2) is 0 Å². The average molecular weight is 330 g/mol. The summed E-state index contributed by atoms with van der Waals surface area (Å²) in [6.07, 6.45) is 2.96. The molecule has 3 rings (SSSR count). The third kappa shape index (κ3) is 3.06. The zero-order chi connectivity index (χ0) is 16.8. The number of hydrogen-bond donors (Lipinski definition) is 2. The molecule has 0 atom stereocenters. The molecule has 0 radical (unpaired) electrons. The van der Waals surface area contributed by atoms with Crippen LogP contribution < -0.4 is 5.73 Å². The van der Waals surface area contributed by atoms with Gasteiger partial charge in [-0.2, -0.15) is 0 Å². The van der Waals surface area contributed by atoms with Crippen molar-refractivity contribution in [2.75, 3.05) is 0 Å². The van der Waals surface area contributed by atoms with Crippen LogP contribution in [0.1, 0.15) is 52.2 Å². The second-order valence-electron chi connectivity index (χ2n) is 7.31. The van der Waals surface area contributed by atoms with Crippen LogP contribution >= 0.6 is 11.3 Å². The van der Waals surface area contributed by atoms with E-state index >= 15 is 0 Å². The molecule has 0 fully saturated rings. The molecule has 1 aromatic heterocycles. The highest BCUT2D eigenvalue weighted by Gasteiger charge is 2.33. The zero-order valence-corrected chi connectivity index (χ0v) is 14.8. The van der Waals surface area contributed by atoms with E-state index in [1.54, 1.807) is 11.3 Å². The molecule has 3 nitrogen and oxygen atoms in total. The van der Waals surface area contributed by atoms with Gasteiger partial charge >= 0.3 is 5.97 Å². The van der Waals surface area contributed by atoms with Crippen molar-refractivity contribution in [3.63, 3.8) is 0 Å². The van der Waals surface area contributed by atoms with E-state index in [1.165, 1.54) is 4.88 Å². The summed E-state index contributed by atoms with van der Waals surface area (Å²) in [6, 6.07) is 6.30. The van der Waals surface area contributed by atoms with Gasteiger partial charge in [-0.05, 0) is 54.4 Å². The second-order valence-corrected chi connectivity index (χ2v) is 8.42. The molecule has 0 spiro atoms. The largest absolute Gasteiger partial charge is 0.478 e. The summed E-state index contributed by atoms with van der Waals surface area (Å²) in [5.41, 5.74) is 9.07. The molecule has 1 heterocycles. The predicted octanol–water partition coefficient (Wildman–Crippen LogP) is 3.68. The smallest absolute Gasteiger partial charge is 0.337 e. The Balaban J connectivity index is 2.19. The molecule has 0 amide bonds. The molecule has 1 aromatic carbocycles. The van der Waals surface area contributed by atoms with E-state index in [1.807, 2.05) is 0 Å². The normalized spacial score (nSPS) is 16.2. The molecule has 4 N–H and O–H groups in total. The number of aryl methyl sites for hydroxylation is 2. The van der Waals surface area contributed by atoms with Gasteiger partial charge in [0.05, 0.1) is 12.1 Å². The number of thiophene rings is 1. The van der Waals surface area contributed by atoms with Crippen molar-refractivity contribution in [3.05, 3.63) is 45.3 Å². The van der Waals surface area contributed by atoms with Gasteiger partial charge in [-0.1, -0.05) is 26.0 Å². The lowest BCUT2D eigenvalue weighted by molar-refractivity contribution is -0.386. The molecule has 1 aliphatic carbocycles. The van der Waals surface area contributed by atoms with E-state index in [2.05, 4.69) is 44.7 Å². The quantitative estimate of drug-likeness (QED) is 0.901. The Hall–Kier alpha value is -1.65. The molecular weight excluding hydrogens is 306 g/mol. The van der Waals surface area contributed by atoms with Gasteiger partial charge in [-0.15, -0.1) is 11.3 Å². The van der Waals surface area contributed by atoms with E-state index in [0.717, 1.165) is 52.9 Å². The molecule has 23 heavy (non-hydrogen) atoms. The van der Waals surface area contributed by atoms with Crippen LogP contribution in [-0.4, -0.2) is 11.1 Å². The van der Waals surface area contributed by atoms with Crippen molar-refractivity contribution in [2.45, 2.75) is 46.6 Å². The van der Waals surface area contributed by atoms with Crippen molar-refractivity contribution in [2.24, 2.45) is 5.41 Å². The van der Waals surface area contributed by atoms with Crippen LogP contribution in [0.5, 0.6) is 0 Å². The minimum atomic E-state index is -0.798. The Morgan fingerprint density at radius 2 is 2.09 bits per heavy atom. The Bertz CT molecular complexity index is 774. The molecule has 0 unspecified atom stereocenters. The van der Waals surface area contributed by atoms with Crippen molar-refractivity contribution in [1.29, 1.82) is 0 Å². The van der Waals surface area contributed by atoms with Gasteiger partial charge in [0.1, 0.15) is 0 Å². The SMILES string of the molecule is Cc1cc(C[NH3+])cc(-c2sc3c(c2C(=O)O)CC(C)(C)CC3)c1. The maximum absolute atomic E-state index is 12.0. The van der Waals surface area contributed by atoms with Crippen LogP contribution in [0, 0.1) is 12.3 Å². The van der Waals surface area contributed by atoms with Crippen molar-refractivity contribution >= 4 is 17.3 Å². The third-order valence-corrected chi connectivity index (χ3v) is 6.02. The fourth-order valence-corrected chi connectivity index (χ4v) is 4.78. The highest BCUT2D eigenvalue weighted by atomic mass is 32.1. The topological polar surface area (TPSA) is 64.9 Å². The molecule has 1 aliphatic rings. The van der Waals surface area contributed by atoms with E-state index < -0.39 is 5.97 Å². The Morgan fingerprint density at radius 1 is 1.35 bits per heavy atom. The number of carboxylic acid groups (broad SMARTS) is 1. The van der Waals surface area contributed by atoms with Crippen LogP contribution in [0.4, 0.5) is 0 Å². The average Bonchev–Trinajstić information content (AvgIpc) is 2.83. The van der Waals surface area contributed by atoms with Crippen LogP contribution in [0.25, 0.3) is 10.4 Å². The monoisotopic (exact) mass is 330 g/mol. The molecule has 4 heteroatoms. The fraction of sp³-hybridized carbons (Fsp3) is 0.421. The first-order chi connectivity index (χ1) is 10.8. The van der Waals surface area contributed by atoms with Gasteiger partial charge in [0.2, 0.25) is 0 Å². The summed E-state index contributed by atoms with van der Waals surface area (Å²) in [5, 5.41) is 9.83. The summed E-state index contributed by atoms with van der Waals surface area (Å²) >= 11 is 1.67. The molecule has 0 bridgehead atoms. The third-order valence-electron chi connectivity index (χ3n) is 4.68. The first-order valence-electron chi connectivity index (χ1n) is 8.09. The van der Waals surface area contributed by atoms with Gasteiger partial charge in [-0.25, -0.2) is 4.79 Å². The summed E-state index contributed by atoms with van der Waals surface area (Å²) in [7, 11) is 0. The first kappa shape index (κ1) is 16.2. The highest BCUT2D eigenvalue weighted by molar-refractivity contribution is 7.16. The number of fused-ring (bicyclic) bond motifs is 1. The van der Waals surface area contributed by atoms with E-state index in [0.29, 0.717) is 5.56 Å². The van der Waals surface area contributed by atoms with Crippen molar-refractivity contribution in [1.82, 2.24) is 0 Å². The standard InChI is InChI=1S/C19H23NO2S/c1-11-6-12(10-20)8-13(7-11)17-16(18(21)22)14-9-19(2,3)5-4-15(14)23-17/h6-8H,4-5,9-10,20H2,1-3H3,(H,21,22)/p+1. The lowest BCUT2D eigenvalue weighted by atomic mass is 9.76. The van der Waals surface area contributed by atoms with E-state index in [9.17, 15) is 9.90 Å². The van der Waals surface area contributed by atoms with Crippen molar-refractivity contribution < 1.29 is 15.6 Å². The van der Waals surface area contributed by atoms with Gasteiger partial charge in [0.25, 0.3) is 0 Å². The zero-order valence-electron chi connectivity index (χ0n) is 14.0. The van der Waals surface area contributed by atoms with Gasteiger partial charge < -0.3 is 10.8 Å². The molecule has 0 aliphatic heterocycles. The number of quaternary nitrogens is 1. The summed E-state index contributed by atoms with van der Waals surface area (Å²) in [4.78, 5) is 14.1. The van der Waals surface area contributed by atoms with E-state index in [-0.39, 0.29) is 5.41 Å². The Labute approximate surface area is 141 Å². The predicted molar refractivity (Wildman–Crippen MR) is 93.8 cm³/mol. The maximum Gasteiger partial charge on any atom is 0.337 e. The first-order valence-corrected chi connectivity index (χ1v) is 8.90. The summed E-state index contributed by atoms with van der Waals surface area (Å²) in [6.45, 7) is 7.23. The molecule has 122 valence electrons. The van der Waals surface area contributed by atoms with Gasteiger partial charge in [-0.3, -0.25) is 0 Å². The number of rotatable bonds is 3. The van der Waals surface area contributed by atoms with Gasteiger partial charge in [0, 0.05) is 15.3 Å². The minimum Gasteiger partial charge on any atom is -0.478 e. The van der Waals surface area contributed by atoms with Crippen LogP contribution in [0.2, 0.25) is 0 Å². The molecular formula is C19H24NO2S+. The summed E-state index contributed by atoms with van der Waals surface area (Å²) < 4.78 is 0. The molecule has 2 aromatic rings. The number of carboxylic acids is 1. The minimum absolute atomic E-state index is 0.181. The fourth-order valence-electron chi connectivity index (χ4n) is 3.49. The number of benzene rings is 1. The Morgan fingerprint density at radius 3 is 2.74 bits per heavy atom.